The number of phosphoric ester groups is 1. The number of esters is 2. The molecular weight excluding hydrogens is 966 g/mol. The van der Waals surface area contributed by atoms with Crippen molar-refractivity contribution in [2.45, 2.75) is 277 Å². The summed E-state index contributed by atoms with van der Waals surface area (Å²) in [5.41, 5.74) is 0. The van der Waals surface area contributed by atoms with Gasteiger partial charge in [0, 0.05) is 12.8 Å². The highest BCUT2D eigenvalue weighted by atomic mass is 31.2. The molecular formula is C66H119NO8P+. The maximum Gasteiger partial charge on any atom is 0.472 e. The summed E-state index contributed by atoms with van der Waals surface area (Å²) < 4.78 is 34.5. The van der Waals surface area contributed by atoms with Crippen molar-refractivity contribution in [2.24, 2.45) is 0 Å². The Hall–Kier alpha value is -2.81. The molecule has 1 N–H and O–H groups in total. The topological polar surface area (TPSA) is 108 Å². The number of quaternary nitrogens is 1. The van der Waals surface area contributed by atoms with Gasteiger partial charge in [-0.2, -0.15) is 0 Å². The van der Waals surface area contributed by atoms with E-state index in [0.29, 0.717) is 17.4 Å². The summed E-state index contributed by atoms with van der Waals surface area (Å²) in [5, 5.41) is 0. The average Bonchev–Trinajstić information content (AvgIpc) is 3.38. The fourth-order valence-electron chi connectivity index (χ4n) is 8.63. The van der Waals surface area contributed by atoms with Gasteiger partial charge in [-0.05, 0) is 77.0 Å². The Labute approximate surface area is 469 Å². The standard InChI is InChI=1S/C66H118NO8P/c1-6-8-10-12-14-16-18-20-22-24-26-27-28-29-30-31-32-33-34-35-36-37-38-39-41-42-44-46-48-50-52-54-56-58-65(68)72-62-64(63-74-76(70,71)73-61-60-67(3,4)5)75-66(69)59-57-55-53-51-49-47-45-43-40-25-23-21-19-17-15-13-11-9-7-2/h9,11,15,17,21,23-24,26,40,43,47,49,53,55,64H,6-8,10,12-14,16,18-20,22,25,27-39,41-42,44-46,48,50-52,54,56-63H2,1-5H3/p+1/b11-9-,17-15-,23-21-,26-24-,43-40-,49-47-,55-53-. The van der Waals surface area contributed by atoms with E-state index >= 15 is 0 Å². The number of nitrogens with zero attached hydrogens (tertiary/aromatic N) is 1. The van der Waals surface area contributed by atoms with Crippen molar-refractivity contribution >= 4 is 19.8 Å². The van der Waals surface area contributed by atoms with Crippen LogP contribution in [0.5, 0.6) is 0 Å². The Kier molecular flexibility index (Phi) is 54.8. The molecule has 0 amide bonds. The predicted octanol–water partition coefficient (Wildman–Crippen LogP) is 19.8. The minimum atomic E-state index is -4.41. The molecule has 9 nitrogen and oxygen atoms in total. The number of rotatable bonds is 57. The second-order valence-corrected chi connectivity index (χ2v) is 23.5. The van der Waals surface area contributed by atoms with Gasteiger partial charge < -0.3 is 18.9 Å². The molecule has 0 rings (SSSR count). The van der Waals surface area contributed by atoms with E-state index < -0.39 is 26.5 Å². The van der Waals surface area contributed by atoms with Crippen molar-refractivity contribution in [3.05, 3.63) is 85.1 Å². The third kappa shape index (κ3) is 60.4. The first-order valence-corrected chi connectivity index (χ1v) is 32.8. The van der Waals surface area contributed by atoms with Crippen molar-refractivity contribution in [1.82, 2.24) is 0 Å². The lowest BCUT2D eigenvalue weighted by molar-refractivity contribution is -0.870. The molecule has 76 heavy (non-hydrogen) atoms. The van der Waals surface area contributed by atoms with Crippen molar-refractivity contribution < 1.29 is 42.1 Å². The van der Waals surface area contributed by atoms with E-state index in [-0.39, 0.29) is 32.0 Å². The van der Waals surface area contributed by atoms with E-state index in [1.165, 1.54) is 180 Å². The molecule has 0 aromatic heterocycles. The zero-order chi connectivity index (χ0) is 55.6. The van der Waals surface area contributed by atoms with Gasteiger partial charge >= 0.3 is 19.8 Å². The van der Waals surface area contributed by atoms with Crippen LogP contribution in [0, 0.1) is 0 Å². The highest BCUT2D eigenvalue weighted by Gasteiger charge is 2.27. The van der Waals surface area contributed by atoms with E-state index in [1.54, 1.807) is 0 Å². The first-order chi connectivity index (χ1) is 37.0. The third-order valence-electron chi connectivity index (χ3n) is 13.4. The first kappa shape index (κ1) is 73.2. The Morgan fingerprint density at radius 3 is 1.17 bits per heavy atom. The van der Waals surface area contributed by atoms with Gasteiger partial charge in [0.05, 0.1) is 27.7 Å². The van der Waals surface area contributed by atoms with Gasteiger partial charge in [-0.1, -0.05) is 266 Å². The maximum atomic E-state index is 12.8. The normalized spacial score (nSPS) is 13.8. The van der Waals surface area contributed by atoms with Crippen molar-refractivity contribution in [1.29, 1.82) is 0 Å². The monoisotopic (exact) mass is 1080 g/mol. The number of unbranched alkanes of at least 4 members (excludes halogenated alkanes) is 29. The third-order valence-corrected chi connectivity index (χ3v) is 14.4. The van der Waals surface area contributed by atoms with Crippen molar-refractivity contribution in [3.8, 4) is 0 Å². The fraction of sp³-hybridized carbons (Fsp3) is 0.758. The highest BCUT2D eigenvalue weighted by molar-refractivity contribution is 7.47. The number of allylic oxidation sites excluding steroid dienone is 14. The van der Waals surface area contributed by atoms with Gasteiger partial charge in [0.25, 0.3) is 0 Å². The number of phosphoric acid groups is 1. The molecule has 0 saturated carbocycles. The summed E-state index contributed by atoms with van der Waals surface area (Å²) in [5.74, 6) is -0.891. The SMILES string of the molecule is CC/C=C\C/C=C\C/C=C\C/C=C\C/C=C\C/C=C\CCC(=O)OC(COC(=O)CCCCCCCCCCCCCCCCCCCCCCC/C=C\CCCCCCCCCC)COP(=O)(O)OCC[N+](C)(C)C. The number of hydrogen-bond donors (Lipinski definition) is 1. The molecule has 0 fully saturated rings. The second kappa shape index (κ2) is 56.9. The summed E-state index contributed by atoms with van der Waals surface area (Å²) in [6.45, 7) is 4.25. The summed E-state index contributed by atoms with van der Waals surface area (Å²) in [4.78, 5) is 35.7. The van der Waals surface area contributed by atoms with Crippen LogP contribution in [0.3, 0.4) is 0 Å². The van der Waals surface area contributed by atoms with Crippen LogP contribution in [0.25, 0.3) is 0 Å². The van der Waals surface area contributed by atoms with Crippen LogP contribution < -0.4 is 0 Å². The van der Waals surface area contributed by atoms with Gasteiger partial charge in [0.15, 0.2) is 6.10 Å². The van der Waals surface area contributed by atoms with Gasteiger partial charge in [-0.25, -0.2) is 4.57 Å². The van der Waals surface area contributed by atoms with E-state index in [4.69, 9.17) is 18.5 Å². The molecule has 0 aliphatic carbocycles. The molecule has 0 aromatic carbocycles. The minimum absolute atomic E-state index is 0.0154. The van der Waals surface area contributed by atoms with Crippen LogP contribution in [0.15, 0.2) is 85.1 Å². The van der Waals surface area contributed by atoms with Gasteiger partial charge in [0.1, 0.15) is 19.8 Å². The summed E-state index contributed by atoms with van der Waals surface area (Å²) in [6.07, 6.45) is 77.1. The zero-order valence-corrected chi connectivity index (χ0v) is 50.9. The molecule has 0 heterocycles. The van der Waals surface area contributed by atoms with E-state index in [2.05, 4.69) is 86.8 Å². The number of carbonyl (C=O) groups is 2. The molecule has 2 unspecified atom stereocenters. The van der Waals surface area contributed by atoms with Gasteiger partial charge in [0.2, 0.25) is 0 Å². The molecule has 0 bridgehead atoms. The zero-order valence-electron chi connectivity index (χ0n) is 50.0. The lowest BCUT2D eigenvalue weighted by Crippen LogP contribution is -2.37. The lowest BCUT2D eigenvalue weighted by atomic mass is 10.0. The number of ether oxygens (including phenoxy) is 2. The molecule has 0 saturated heterocycles. The van der Waals surface area contributed by atoms with Crippen LogP contribution >= 0.6 is 7.82 Å². The Morgan fingerprint density at radius 2 is 0.776 bits per heavy atom. The lowest BCUT2D eigenvalue weighted by Gasteiger charge is -2.24. The Morgan fingerprint density at radius 1 is 0.421 bits per heavy atom. The number of carbonyl (C=O) groups excluding carboxylic acids is 2. The Bertz CT molecular complexity index is 1560. The number of likely N-dealkylation sites (N-methyl/N-ethyl adjacent to an activating group) is 1. The summed E-state index contributed by atoms with van der Waals surface area (Å²) in [6, 6.07) is 0. The van der Waals surface area contributed by atoms with Crippen molar-refractivity contribution in [2.75, 3.05) is 47.5 Å². The Balaban J connectivity index is 4.08. The predicted molar refractivity (Wildman–Crippen MR) is 325 cm³/mol. The van der Waals surface area contributed by atoms with E-state index in [9.17, 15) is 19.0 Å². The summed E-state index contributed by atoms with van der Waals surface area (Å²) >= 11 is 0. The molecule has 10 heteroatoms. The van der Waals surface area contributed by atoms with Crippen LogP contribution in [-0.2, 0) is 32.7 Å². The maximum absolute atomic E-state index is 12.8. The molecule has 0 radical (unpaired) electrons. The van der Waals surface area contributed by atoms with Crippen LogP contribution in [-0.4, -0.2) is 74.9 Å². The molecule has 0 aliphatic heterocycles. The minimum Gasteiger partial charge on any atom is -0.462 e. The average molecular weight is 1090 g/mol. The number of hydrogen-bond acceptors (Lipinski definition) is 7. The van der Waals surface area contributed by atoms with Gasteiger partial charge in [-0.15, -0.1) is 0 Å². The fourth-order valence-corrected chi connectivity index (χ4v) is 9.37. The first-order valence-electron chi connectivity index (χ1n) is 31.3. The van der Waals surface area contributed by atoms with Gasteiger partial charge in [-0.3, -0.25) is 18.6 Å². The summed E-state index contributed by atoms with van der Waals surface area (Å²) in [7, 11) is 1.43. The highest BCUT2D eigenvalue weighted by Crippen LogP contribution is 2.43. The largest absolute Gasteiger partial charge is 0.472 e. The van der Waals surface area contributed by atoms with Crippen LogP contribution in [0.4, 0.5) is 0 Å². The van der Waals surface area contributed by atoms with E-state index in [1.807, 2.05) is 33.3 Å². The van der Waals surface area contributed by atoms with Crippen LogP contribution in [0.2, 0.25) is 0 Å². The smallest absolute Gasteiger partial charge is 0.462 e. The van der Waals surface area contributed by atoms with E-state index in [0.717, 1.165) is 57.8 Å². The van der Waals surface area contributed by atoms with Crippen molar-refractivity contribution in [3.63, 3.8) is 0 Å². The van der Waals surface area contributed by atoms with Crippen LogP contribution in [0.1, 0.15) is 271 Å². The molecule has 2 atom stereocenters. The molecule has 0 aliphatic rings. The quantitative estimate of drug-likeness (QED) is 0.0211. The molecule has 0 aromatic rings. The molecule has 0 spiro atoms. The second-order valence-electron chi connectivity index (χ2n) is 22.1. The molecule has 440 valence electrons.